The van der Waals surface area contributed by atoms with Gasteiger partial charge in [-0.05, 0) is 166 Å². The van der Waals surface area contributed by atoms with Crippen molar-refractivity contribution < 1.29 is 0 Å². The Morgan fingerprint density at radius 2 is 0.306 bits per heavy atom. The molecule has 6 aromatic rings. The lowest BCUT2D eigenvalue weighted by molar-refractivity contribution is 0.505. The molecule has 0 heterocycles. The van der Waals surface area contributed by atoms with E-state index in [1.807, 2.05) is 0 Å². The molecule has 85 heavy (non-hydrogen) atoms. The molecule has 0 bridgehead atoms. The maximum absolute atomic E-state index is 5.91. The van der Waals surface area contributed by atoms with Crippen molar-refractivity contribution in [2.75, 3.05) is 0 Å². The van der Waals surface area contributed by atoms with Gasteiger partial charge in [0.05, 0.1) is 0 Å². The topological polar surface area (TPSA) is 0 Å². The third-order valence-corrected chi connectivity index (χ3v) is 27.7. The second-order valence-electron chi connectivity index (χ2n) is 38.8. The fourth-order valence-electron chi connectivity index (χ4n) is 14.1. The summed E-state index contributed by atoms with van der Waals surface area (Å²) in [5.41, 5.74) is 12.7. The van der Waals surface area contributed by atoms with E-state index in [2.05, 4.69) is 358 Å². The van der Waals surface area contributed by atoms with Gasteiger partial charge in [-0.25, -0.2) is 0 Å². The monoisotopic (exact) mass is 1170 g/mol. The summed E-state index contributed by atoms with van der Waals surface area (Å²) in [5.74, 6) is 0. The molecule has 0 aliphatic heterocycles. The third-order valence-electron chi connectivity index (χ3n) is 19.0. The van der Waals surface area contributed by atoms with E-state index in [4.69, 9.17) is 0 Å². The maximum atomic E-state index is 2.77. The van der Waals surface area contributed by atoms with Crippen molar-refractivity contribution in [1.82, 2.24) is 0 Å². The van der Waals surface area contributed by atoms with Gasteiger partial charge in [0.15, 0.2) is 0 Å². The summed E-state index contributed by atoms with van der Waals surface area (Å²) in [6.45, 7) is 90.9. The molecule has 0 fully saturated rings. The zero-order chi connectivity index (χ0) is 65.5. The van der Waals surface area contributed by atoms with Gasteiger partial charge in [-0.2, -0.15) is 0 Å². The van der Waals surface area contributed by atoms with E-state index in [9.17, 15) is 0 Å². The Balaban J connectivity index is 2.81. The van der Waals surface area contributed by atoms with Crippen molar-refractivity contribution in [1.29, 1.82) is 0 Å². The van der Waals surface area contributed by atoms with Crippen LogP contribution in [0.3, 0.4) is 0 Å². The van der Waals surface area contributed by atoms with Crippen LogP contribution in [0.25, 0.3) is 0 Å². The number of hydrogen-bond acceptors (Lipinski definition) is 0. The summed E-state index contributed by atoms with van der Waals surface area (Å²) in [7, 11) is -5.91. The third kappa shape index (κ3) is 11.1. The van der Waals surface area contributed by atoms with Crippen molar-refractivity contribution in [2.45, 2.75) is 344 Å². The second kappa shape index (κ2) is 20.6. The van der Waals surface area contributed by atoms with E-state index in [-0.39, 0.29) is 21.7 Å². The Morgan fingerprint density at radius 3 is 0.412 bits per heavy atom. The summed E-state index contributed by atoms with van der Waals surface area (Å²) in [4.78, 5) is 8.69. The van der Waals surface area contributed by atoms with E-state index < -0.39 is 51.6 Å². The van der Waals surface area contributed by atoms with E-state index in [0.717, 1.165) is 0 Å². The van der Waals surface area contributed by atoms with E-state index >= 15 is 0 Å². The van der Waals surface area contributed by atoms with Gasteiger partial charge >= 0.3 is 0 Å². The van der Waals surface area contributed by atoms with Crippen LogP contribution in [0.2, 0.25) is 0 Å². The first-order valence-corrected chi connectivity index (χ1v) is 35.1. The fourth-order valence-corrected chi connectivity index (χ4v) is 26.5. The predicted molar refractivity (Wildman–Crippen MR) is 380 cm³/mol. The van der Waals surface area contributed by atoms with Gasteiger partial charge in [0, 0.05) is 19.6 Å². The SMILES string of the molecule is CC(C)(C)c1cc(C(C)(C)C)c(S(c2ccccc2)(c2ccccc2)(c2c(C(C)(C)C)cc(C(C)(C)C)cc2C(C)(C)C)(c2c(C(C)(C)C)cc(C(C)(C)C)cc2C(C)(C)C)c2c(C(C)(C)C)cc(C(C)(C)C)cc2C(C)(C)C)c(C(C)(C)C)c1. The highest BCUT2D eigenvalue weighted by molar-refractivity contribution is 8.65. The quantitative estimate of drug-likeness (QED) is 0.156. The largest absolute Gasteiger partial charge is 0.147 e. The first-order valence-electron chi connectivity index (χ1n) is 32.7. The number of rotatable bonds is 6. The van der Waals surface area contributed by atoms with Crippen LogP contribution in [-0.4, -0.2) is 0 Å². The molecule has 0 aliphatic carbocycles. The molecule has 0 aliphatic rings. The normalized spacial score (nSPS) is 15.2. The first-order chi connectivity index (χ1) is 37.7. The number of benzene rings is 6. The molecular weight excluding hydrogens is 1040 g/mol. The van der Waals surface area contributed by atoms with Crippen LogP contribution in [0.1, 0.15) is 316 Å². The fraction of sp³-hybridized carbons (Fsp3) is 0.571. The molecule has 0 atom stereocenters. The molecule has 468 valence electrons. The van der Waals surface area contributed by atoms with Crippen molar-refractivity contribution in [3.63, 3.8) is 0 Å². The average Bonchev–Trinajstić information content (AvgIpc) is 0.592. The minimum atomic E-state index is -5.91. The second-order valence-corrected chi connectivity index (χ2v) is 44.4. The number of hydrogen-bond donors (Lipinski definition) is 0. The Bertz CT molecular complexity index is 2890. The van der Waals surface area contributed by atoms with Gasteiger partial charge in [0.2, 0.25) is 0 Å². The maximum Gasteiger partial charge on any atom is 0.00305 e. The highest BCUT2D eigenvalue weighted by atomic mass is 32.4. The smallest absolute Gasteiger partial charge is 0.00305 e. The van der Waals surface area contributed by atoms with Crippen LogP contribution in [0.15, 0.2) is 139 Å². The van der Waals surface area contributed by atoms with Gasteiger partial charge in [0.25, 0.3) is 0 Å². The lowest BCUT2D eigenvalue weighted by Crippen LogP contribution is -2.50. The predicted octanol–water partition coefficient (Wildman–Crippen LogP) is 25.8. The molecule has 0 unspecified atom stereocenters. The molecule has 0 spiro atoms. The minimum Gasteiger partial charge on any atom is -0.147 e. The molecule has 0 saturated carbocycles. The van der Waals surface area contributed by atoms with E-state index in [1.54, 1.807) is 0 Å². The summed E-state index contributed by atoms with van der Waals surface area (Å²) in [5, 5.41) is 0. The van der Waals surface area contributed by atoms with Gasteiger partial charge in [-0.3, -0.25) is 0 Å². The van der Waals surface area contributed by atoms with Crippen LogP contribution in [0.4, 0.5) is 0 Å². The van der Waals surface area contributed by atoms with Crippen LogP contribution in [-0.2, 0) is 65.0 Å². The molecule has 6 rings (SSSR count). The van der Waals surface area contributed by atoms with Crippen molar-refractivity contribution in [3.8, 4) is 0 Å². The lowest BCUT2D eigenvalue weighted by atomic mass is 9.75. The molecule has 1 heteroatoms. The summed E-state index contributed by atoms with van der Waals surface area (Å²) in [6.07, 6.45) is 0. The van der Waals surface area contributed by atoms with Crippen LogP contribution < -0.4 is 0 Å². The van der Waals surface area contributed by atoms with E-state index in [0.29, 0.717) is 0 Å². The molecule has 0 amide bonds. The molecule has 0 saturated heterocycles. The molecule has 0 aromatic heterocycles. The molecule has 0 nitrogen and oxygen atoms in total. The zero-order valence-electron chi connectivity index (χ0n) is 61.8. The minimum absolute atomic E-state index is 0.190. The van der Waals surface area contributed by atoms with Crippen molar-refractivity contribution in [2.24, 2.45) is 0 Å². The Morgan fingerprint density at radius 1 is 0.176 bits per heavy atom. The molecule has 0 N–H and O–H groups in total. The van der Waals surface area contributed by atoms with Crippen LogP contribution in [0.5, 0.6) is 0 Å². The average molecular weight is 1170 g/mol. The van der Waals surface area contributed by atoms with Gasteiger partial charge in [0.1, 0.15) is 0 Å². The molecule has 0 radical (unpaired) electrons. The van der Waals surface area contributed by atoms with Gasteiger partial charge in [-0.15, -0.1) is 8.29 Å². The van der Waals surface area contributed by atoms with Crippen LogP contribution >= 0.6 is 8.29 Å². The highest BCUT2D eigenvalue weighted by Crippen LogP contribution is 3.16. The summed E-state index contributed by atoms with van der Waals surface area (Å²) >= 11 is 0. The summed E-state index contributed by atoms with van der Waals surface area (Å²) < 4.78 is 0. The summed E-state index contributed by atoms with van der Waals surface area (Å²) in [6, 6.07) is 47.3. The van der Waals surface area contributed by atoms with Gasteiger partial charge < -0.3 is 0 Å². The Labute approximate surface area is 524 Å². The molecular formula is C84H126S. The Hall–Kier alpha value is -4.33. The van der Waals surface area contributed by atoms with Crippen molar-refractivity contribution >= 4 is 8.29 Å². The van der Waals surface area contributed by atoms with E-state index in [1.165, 1.54) is 96.1 Å². The van der Waals surface area contributed by atoms with Crippen LogP contribution in [0, 0.1) is 0 Å². The highest BCUT2D eigenvalue weighted by Gasteiger charge is 2.77. The zero-order valence-corrected chi connectivity index (χ0v) is 62.6. The standard InChI is InChI=1S/C84H126S/c1-73(2,3)55-47-61(77(13,14)15)69(62(48-55)78(16,17)18)85(59-43-39-37-40-44-59,60-45-41-38-42-46-60,70-63(79(19,20)21)49-56(74(4,5)6)50-64(70)80(22,23)24,71-65(81(25,26)27)51-57(75(7,8)9)52-66(71)82(28,29)30)72-67(83(31,32)33)53-58(76(10,11)12)54-68(72)84(34,35)36/h37-54H,1-36H3. The van der Waals surface area contributed by atoms with Gasteiger partial charge in [-0.1, -0.05) is 334 Å². The molecule has 6 aromatic carbocycles. The van der Waals surface area contributed by atoms with Crippen molar-refractivity contribution in [3.05, 3.63) is 176 Å². The lowest BCUT2D eigenvalue weighted by Gasteiger charge is -2.85. The Kier molecular flexibility index (Phi) is 16.9. The first kappa shape index (κ1) is 69.8.